The van der Waals surface area contributed by atoms with Crippen LogP contribution in [0.1, 0.15) is 28.5 Å². The first kappa shape index (κ1) is 17.4. The summed E-state index contributed by atoms with van der Waals surface area (Å²) in [4.78, 5) is 26.1. The third kappa shape index (κ3) is 2.82. The summed E-state index contributed by atoms with van der Waals surface area (Å²) in [6.07, 6.45) is 1.61. The molecule has 0 aliphatic carbocycles. The lowest BCUT2D eigenvalue weighted by Gasteiger charge is -2.25. The Balaban J connectivity index is 1.62. The molecular formula is C19H19FN6OS. The molecule has 28 heavy (non-hydrogen) atoms. The molecule has 5 rings (SSSR count). The number of thiophene rings is 1. The Labute approximate surface area is 163 Å². The van der Waals surface area contributed by atoms with Crippen LogP contribution in [0.5, 0.6) is 0 Å². The van der Waals surface area contributed by atoms with Gasteiger partial charge in [-0.3, -0.25) is 4.79 Å². The van der Waals surface area contributed by atoms with Gasteiger partial charge in [-0.15, -0.1) is 11.3 Å². The first-order valence-electron chi connectivity index (χ1n) is 9.22. The van der Waals surface area contributed by atoms with Crippen LogP contribution in [-0.2, 0) is 0 Å². The predicted molar refractivity (Wildman–Crippen MR) is 107 cm³/mol. The third-order valence-corrected chi connectivity index (χ3v) is 6.33. The molecule has 1 aliphatic rings. The molecule has 0 radical (unpaired) electrons. The van der Waals surface area contributed by atoms with Gasteiger partial charge in [0.15, 0.2) is 11.5 Å². The number of nitrogens with zero attached hydrogens (tertiary/aromatic N) is 4. The second-order valence-corrected chi connectivity index (χ2v) is 8.32. The number of alkyl halides is 1. The van der Waals surface area contributed by atoms with Gasteiger partial charge in [-0.25, -0.2) is 18.9 Å². The van der Waals surface area contributed by atoms with Crippen LogP contribution < -0.4 is 10.9 Å². The zero-order chi connectivity index (χ0) is 19.4. The number of aryl methyl sites for hydroxylation is 2. The van der Waals surface area contributed by atoms with E-state index in [1.807, 2.05) is 26.1 Å². The van der Waals surface area contributed by atoms with Crippen molar-refractivity contribution in [2.45, 2.75) is 32.4 Å². The van der Waals surface area contributed by atoms with Gasteiger partial charge in [0.2, 0.25) is 0 Å². The SMILES string of the molecule is Cc1cn2nc(-c3nc4sc(C5CCNCC5F)cc4c(=O)[nH]3)cc(C)c2n1. The van der Waals surface area contributed by atoms with Crippen molar-refractivity contribution in [2.75, 3.05) is 13.1 Å². The maximum atomic E-state index is 14.3. The van der Waals surface area contributed by atoms with Crippen LogP contribution in [0.15, 0.2) is 23.1 Å². The number of hydrogen-bond donors (Lipinski definition) is 2. The highest BCUT2D eigenvalue weighted by atomic mass is 32.1. The maximum absolute atomic E-state index is 14.3. The molecule has 0 saturated carbocycles. The molecule has 1 saturated heterocycles. The second kappa shape index (κ2) is 6.46. The van der Waals surface area contributed by atoms with Gasteiger partial charge >= 0.3 is 0 Å². The molecule has 2 atom stereocenters. The fraction of sp³-hybridized carbons (Fsp3) is 0.368. The monoisotopic (exact) mass is 398 g/mol. The van der Waals surface area contributed by atoms with Crippen molar-refractivity contribution < 1.29 is 4.39 Å². The summed E-state index contributed by atoms with van der Waals surface area (Å²) >= 11 is 1.40. The van der Waals surface area contributed by atoms with E-state index in [4.69, 9.17) is 0 Å². The number of hydrogen-bond acceptors (Lipinski definition) is 6. The van der Waals surface area contributed by atoms with E-state index in [0.29, 0.717) is 28.3 Å². The number of H-pyrrole nitrogens is 1. The predicted octanol–water partition coefficient (Wildman–Crippen LogP) is 2.73. The molecule has 5 heterocycles. The van der Waals surface area contributed by atoms with Crippen LogP contribution in [0.3, 0.4) is 0 Å². The Morgan fingerprint density at radius 3 is 2.96 bits per heavy atom. The fourth-order valence-electron chi connectivity index (χ4n) is 3.76. The van der Waals surface area contributed by atoms with Crippen LogP contribution in [0.2, 0.25) is 0 Å². The zero-order valence-corrected chi connectivity index (χ0v) is 16.3. The smallest absolute Gasteiger partial charge is 0.259 e. The lowest BCUT2D eigenvalue weighted by atomic mass is 9.94. The maximum Gasteiger partial charge on any atom is 0.259 e. The summed E-state index contributed by atoms with van der Waals surface area (Å²) in [5.74, 6) is 0.221. The van der Waals surface area contributed by atoms with Crippen LogP contribution in [0.4, 0.5) is 4.39 Å². The summed E-state index contributed by atoms with van der Waals surface area (Å²) in [5.41, 5.74) is 2.94. The number of aromatic amines is 1. The summed E-state index contributed by atoms with van der Waals surface area (Å²) < 4.78 is 16.0. The van der Waals surface area contributed by atoms with E-state index in [9.17, 15) is 9.18 Å². The highest BCUT2D eigenvalue weighted by Crippen LogP contribution is 2.35. The molecule has 144 valence electrons. The van der Waals surface area contributed by atoms with Crippen molar-refractivity contribution in [2.24, 2.45) is 0 Å². The van der Waals surface area contributed by atoms with Gasteiger partial charge in [-0.05, 0) is 44.5 Å². The lowest BCUT2D eigenvalue weighted by molar-refractivity contribution is 0.233. The topological polar surface area (TPSA) is 88.0 Å². The van der Waals surface area contributed by atoms with Crippen molar-refractivity contribution in [3.63, 3.8) is 0 Å². The molecule has 0 amide bonds. The van der Waals surface area contributed by atoms with Crippen LogP contribution >= 0.6 is 11.3 Å². The Morgan fingerprint density at radius 2 is 2.14 bits per heavy atom. The molecular weight excluding hydrogens is 379 g/mol. The third-order valence-electron chi connectivity index (χ3n) is 5.17. The van der Waals surface area contributed by atoms with Crippen molar-refractivity contribution in [1.82, 2.24) is 29.9 Å². The Hall–Kier alpha value is -2.65. The number of nitrogens with one attached hydrogen (secondary N) is 2. The van der Waals surface area contributed by atoms with E-state index in [1.165, 1.54) is 11.3 Å². The molecule has 1 aliphatic heterocycles. The second-order valence-electron chi connectivity index (χ2n) is 7.26. The van der Waals surface area contributed by atoms with Gasteiger partial charge in [-0.1, -0.05) is 0 Å². The standard InChI is InChI=1S/C19H19FN6OS/c1-9-5-14(25-26-8-10(2)22-17(9)26)16-23-18(27)12-6-15(28-19(12)24-16)11-3-4-21-7-13(11)20/h5-6,8,11,13,21H,3-4,7H2,1-2H3,(H,23,24,27). The number of piperidine rings is 1. The normalized spacial score (nSPS) is 20.2. The highest BCUT2D eigenvalue weighted by Gasteiger charge is 2.28. The molecule has 0 bridgehead atoms. The molecule has 4 aromatic rings. The molecule has 0 aromatic carbocycles. The number of fused-ring (bicyclic) bond motifs is 2. The van der Waals surface area contributed by atoms with Crippen LogP contribution in [0, 0.1) is 13.8 Å². The van der Waals surface area contributed by atoms with E-state index in [-0.39, 0.29) is 11.5 Å². The fourth-order valence-corrected chi connectivity index (χ4v) is 4.97. The summed E-state index contributed by atoms with van der Waals surface area (Å²) in [6, 6.07) is 3.66. The van der Waals surface area contributed by atoms with Gasteiger partial charge < -0.3 is 10.3 Å². The quantitative estimate of drug-likeness (QED) is 0.542. The van der Waals surface area contributed by atoms with Crippen molar-refractivity contribution >= 4 is 27.2 Å². The minimum atomic E-state index is -0.948. The lowest BCUT2D eigenvalue weighted by Crippen LogP contribution is -2.36. The van der Waals surface area contributed by atoms with E-state index in [0.717, 1.165) is 34.7 Å². The van der Waals surface area contributed by atoms with Gasteiger partial charge in [0.25, 0.3) is 5.56 Å². The summed E-state index contributed by atoms with van der Waals surface area (Å²) in [5, 5.41) is 8.11. The Bertz CT molecular complexity index is 1260. The van der Waals surface area contributed by atoms with E-state index < -0.39 is 6.17 Å². The van der Waals surface area contributed by atoms with Crippen molar-refractivity contribution in [1.29, 1.82) is 0 Å². The van der Waals surface area contributed by atoms with Crippen molar-refractivity contribution in [3.8, 4) is 11.5 Å². The molecule has 1 fully saturated rings. The van der Waals surface area contributed by atoms with Gasteiger partial charge in [0, 0.05) is 17.3 Å². The van der Waals surface area contributed by atoms with Gasteiger partial charge in [0.05, 0.1) is 17.3 Å². The van der Waals surface area contributed by atoms with E-state index in [2.05, 4.69) is 25.4 Å². The minimum absolute atomic E-state index is 0.186. The van der Waals surface area contributed by atoms with E-state index in [1.54, 1.807) is 10.6 Å². The summed E-state index contributed by atoms with van der Waals surface area (Å²) in [7, 11) is 0. The number of halogens is 1. The average Bonchev–Trinajstić information content (AvgIpc) is 3.25. The average molecular weight is 398 g/mol. The minimum Gasteiger partial charge on any atom is -0.314 e. The number of rotatable bonds is 2. The molecule has 2 unspecified atom stereocenters. The van der Waals surface area contributed by atoms with Gasteiger partial charge in [-0.2, -0.15) is 5.10 Å². The Kier molecular flexibility index (Phi) is 4.02. The molecule has 2 N–H and O–H groups in total. The van der Waals surface area contributed by atoms with Crippen molar-refractivity contribution in [3.05, 3.63) is 44.8 Å². The molecule has 9 heteroatoms. The first-order chi connectivity index (χ1) is 13.5. The largest absolute Gasteiger partial charge is 0.314 e. The molecule has 4 aromatic heterocycles. The first-order valence-corrected chi connectivity index (χ1v) is 10.0. The number of imidazole rings is 1. The molecule has 7 nitrogen and oxygen atoms in total. The van der Waals surface area contributed by atoms with Crippen LogP contribution in [0.25, 0.3) is 27.4 Å². The van der Waals surface area contributed by atoms with E-state index >= 15 is 0 Å². The Morgan fingerprint density at radius 1 is 1.29 bits per heavy atom. The number of aromatic nitrogens is 5. The highest BCUT2D eigenvalue weighted by molar-refractivity contribution is 7.18. The summed E-state index contributed by atoms with van der Waals surface area (Å²) in [6.45, 7) is 4.99. The van der Waals surface area contributed by atoms with Crippen LogP contribution in [-0.4, -0.2) is 43.8 Å². The van der Waals surface area contributed by atoms with Gasteiger partial charge in [0.1, 0.15) is 16.7 Å². The zero-order valence-electron chi connectivity index (χ0n) is 15.5. The molecule has 0 spiro atoms.